The maximum Gasteiger partial charge on any atom is 0.0386 e. The van der Waals surface area contributed by atoms with Gasteiger partial charge in [-0.05, 0) is 38.4 Å². The molecule has 2 heteroatoms. The van der Waals surface area contributed by atoms with E-state index in [4.69, 9.17) is 0 Å². The van der Waals surface area contributed by atoms with Gasteiger partial charge in [-0.15, -0.1) is 0 Å². The summed E-state index contributed by atoms with van der Waals surface area (Å²) < 4.78 is 0. The Hall–Kier alpha value is -1.02. The molecule has 82 valence electrons. The molecule has 2 rings (SSSR count). The summed E-state index contributed by atoms with van der Waals surface area (Å²) >= 11 is 0. The van der Waals surface area contributed by atoms with Crippen molar-refractivity contribution in [3.05, 3.63) is 30.3 Å². The van der Waals surface area contributed by atoms with E-state index in [0.29, 0.717) is 6.04 Å². The minimum atomic E-state index is 0.590. The third-order valence-corrected chi connectivity index (χ3v) is 3.06. The molecule has 0 unspecified atom stereocenters. The Bertz CT molecular complexity index is 284. The van der Waals surface area contributed by atoms with E-state index in [-0.39, 0.29) is 0 Å². The molecule has 1 aromatic rings. The van der Waals surface area contributed by atoms with Gasteiger partial charge in [0.2, 0.25) is 0 Å². The van der Waals surface area contributed by atoms with E-state index in [1.165, 1.54) is 31.6 Å². The molecule has 0 spiro atoms. The molecule has 1 fully saturated rings. The molecule has 1 aromatic carbocycles. The maximum absolute atomic E-state index is 3.50. The van der Waals surface area contributed by atoms with Crippen LogP contribution in [0.5, 0.6) is 0 Å². The Balaban J connectivity index is 2.10. The summed E-state index contributed by atoms with van der Waals surface area (Å²) in [5.41, 5.74) is 1.36. The van der Waals surface area contributed by atoms with E-state index in [2.05, 4.69) is 47.5 Å². The fourth-order valence-electron chi connectivity index (χ4n) is 2.18. The summed E-state index contributed by atoms with van der Waals surface area (Å²) in [4.78, 5) is 2.51. The van der Waals surface area contributed by atoms with Gasteiger partial charge in [-0.2, -0.15) is 0 Å². The predicted octanol–water partition coefficient (Wildman–Crippen LogP) is 2.26. The normalized spacial score (nSPS) is 23.3. The van der Waals surface area contributed by atoms with Crippen molar-refractivity contribution in [2.75, 3.05) is 24.5 Å². The quantitative estimate of drug-likeness (QED) is 0.755. The zero-order valence-electron chi connectivity index (χ0n) is 9.45. The topological polar surface area (TPSA) is 15.3 Å². The molecule has 0 aromatic heterocycles. The Morgan fingerprint density at radius 1 is 1.20 bits per heavy atom. The van der Waals surface area contributed by atoms with E-state index in [1.807, 2.05) is 0 Å². The molecule has 15 heavy (non-hydrogen) atoms. The summed E-state index contributed by atoms with van der Waals surface area (Å²) in [5, 5.41) is 3.50. The van der Waals surface area contributed by atoms with Gasteiger partial charge >= 0.3 is 0 Å². The molecule has 2 nitrogen and oxygen atoms in total. The largest absolute Gasteiger partial charge is 0.368 e. The van der Waals surface area contributed by atoms with Crippen LogP contribution in [0, 0.1) is 0 Å². The Morgan fingerprint density at radius 2 is 2.00 bits per heavy atom. The lowest BCUT2D eigenvalue weighted by atomic mass is 10.1. The number of para-hydroxylation sites is 1. The summed E-state index contributed by atoms with van der Waals surface area (Å²) in [7, 11) is 0. The second-order valence-corrected chi connectivity index (χ2v) is 4.29. The molecule has 1 atom stereocenters. The van der Waals surface area contributed by atoms with E-state index < -0.39 is 0 Å². The van der Waals surface area contributed by atoms with Crippen molar-refractivity contribution in [1.82, 2.24) is 5.32 Å². The second-order valence-electron chi connectivity index (χ2n) is 4.29. The summed E-state index contributed by atoms with van der Waals surface area (Å²) in [6.45, 7) is 5.75. The van der Waals surface area contributed by atoms with E-state index in [0.717, 1.165) is 6.54 Å². The lowest BCUT2D eigenvalue weighted by molar-refractivity contribution is 0.501. The molecular formula is C13H20N2. The average Bonchev–Trinajstić information content (AvgIpc) is 2.25. The van der Waals surface area contributed by atoms with Crippen LogP contribution >= 0.6 is 0 Å². The van der Waals surface area contributed by atoms with Crippen LogP contribution < -0.4 is 10.2 Å². The van der Waals surface area contributed by atoms with Gasteiger partial charge in [-0.1, -0.05) is 18.2 Å². The molecule has 1 N–H and O–H groups in total. The monoisotopic (exact) mass is 204 g/mol. The summed E-state index contributed by atoms with van der Waals surface area (Å²) in [6.07, 6.45) is 2.57. The highest BCUT2D eigenvalue weighted by atomic mass is 15.2. The average molecular weight is 204 g/mol. The highest BCUT2D eigenvalue weighted by Gasteiger charge is 2.15. The number of rotatable bonds is 1. The number of anilines is 1. The standard InChI is InChI=1S/C13H20N2/c1-12-11-14-9-5-6-10-15(12)13-7-3-2-4-8-13/h2-4,7-8,12,14H,5-6,9-11H2,1H3/t12-/m0/s1. The van der Waals surface area contributed by atoms with Gasteiger partial charge in [-0.25, -0.2) is 0 Å². The maximum atomic E-state index is 3.50. The SMILES string of the molecule is C[C@H]1CNCCCCN1c1ccccc1. The number of hydrogen-bond acceptors (Lipinski definition) is 2. The van der Waals surface area contributed by atoms with Crippen LogP contribution in [0.15, 0.2) is 30.3 Å². The molecule has 0 radical (unpaired) electrons. The van der Waals surface area contributed by atoms with E-state index in [9.17, 15) is 0 Å². The van der Waals surface area contributed by atoms with Crippen LogP contribution in [-0.2, 0) is 0 Å². The zero-order chi connectivity index (χ0) is 10.5. The molecule has 1 aliphatic heterocycles. The molecular weight excluding hydrogens is 184 g/mol. The zero-order valence-corrected chi connectivity index (χ0v) is 9.45. The van der Waals surface area contributed by atoms with Crippen LogP contribution in [0.2, 0.25) is 0 Å². The first-order chi connectivity index (χ1) is 7.38. The minimum Gasteiger partial charge on any atom is -0.368 e. The highest BCUT2D eigenvalue weighted by molar-refractivity contribution is 5.47. The summed E-state index contributed by atoms with van der Waals surface area (Å²) in [5.74, 6) is 0. The van der Waals surface area contributed by atoms with Crippen molar-refractivity contribution < 1.29 is 0 Å². The molecule has 1 saturated heterocycles. The first-order valence-electron chi connectivity index (χ1n) is 5.90. The van der Waals surface area contributed by atoms with Gasteiger partial charge in [-0.3, -0.25) is 0 Å². The molecule has 0 amide bonds. The van der Waals surface area contributed by atoms with Gasteiger partial charge in [0.15, 0.2) is 0 Å². The lowest BCUT2D eigenvalue weighted by Crippen LogP contribution is -2.43. The Labute approximate surface area is 92.3 Å². The summed E-state index contributed by atoms with van der Waals surface area (Å²) in [6, 6.07) is 11.3. The number of nitrogens with one attached hydrogen (secondary N) is 1. The van der Waals surface area contributed by atoms with E-state index >= 15 is 0 Å². The van der Waals surface area contributed by atoms with Gasteiger partial charge in [0.1, 0.15) is 0 Å². The third-order valence-electron chi connectivity index (χ3n) is 3.06. The minimum absolute atomic E-state index is 0.590. The van der Waals surface area contributed by atoms with Crippen LogP contribution in [0.25, 0.3) is 0 Å². The molecule has 0 saturated carbocycles. The van der Waals surface area contributed by atoms with Crippen LogP contribution in [0.3, 0.4) is 0 Å². The highest BCUT2D eigenvalue weighted by Crippen LogP contribution is 2.17. The van der Waals surface area contributed by atoms with Crippen molar-refractivity contribution in [1.29, 1.82) is 0 Å². The van der Waals surface area contributed by atoms with Crippen molar-refractivity contribution in [3.63, 3.8) is 0 Å². The number of benzene rings is 1. The second kappa shape index (κ2) is 5.17. The van der Waals surface area contributed by atoms with Crippen molar-refractivity contribution in [2.45, 2.75) is 25.8 Å². The molecule has 0 bridgehead atoms. The van der Waals surface area contributed by atoms with Crippen molar-refractivity contribution in [3.8, 4) is 0 Å². The lowest BCUT2D eigenvalue weighted by Gasteiger charge is -2.33. The Morgan fingerprint density at radius 3 is 2.80 bits per heavy atom. The number of nitrogens with zero attached hydrogens (tertiary/aromatic N) is 1. The smallest absolute Gasteiger partial charge is 0.0386 e. The van der Waals surface area contributed by atoms with Gasteiger partial charge in [0.25, 0.3) is 0 Å². The fourth-order valence-corrected chi connectivity index (χ4v) is 2.18. The van der Waals surface area contributed by atoms with E-state index in [1.54, 1.807) is 0 Å². The first-order valence-corrected chi connectivity index (χ1v) is 5.90. The van der Waals surface area contributed by atoms with Gasteiger partial charge < -0.3 is 10.2 Å². The molecule has 1 aliphatic rings. The predicted molar refractivity (Wildman–Crippen MR) is 65.4 cm³/mol. The van der Waals surface area contributed by atoms with Crippen LogP contribution in [0.1, 0.15) is 19.8 Å². The number of hydrogen-bond donors (Lipinski definition) is 1. The van der Waals surface area contributed by atoms with Crippen molar-refractivity contribution >= 4 is 5.69 Å². The molecule has 0 aliphatic carbocycles. The first kappa shape index (κ1) is 10.5. The van der Waals surface area contributed by atoms with Crippen molar-refractivity contribution in [2.24, 2.45) is 0 Å². The van der Waals surface area contributed by atoms with Gasteiger partial charge in [0, 0.05) is 24.8 Å². The van der Waals surface area contributed by atoms with Crippen LogP contribution in [-0.4, -0.2) is 25.7 Å². The van der Waals surface area contributed by atoms with Crippen LogP contribution in [0.4, 0.5) is 5.69 Å². The Kier molecular flexibility index (Phi) is 3.62. The third kappa shape index (κ3) is 2.72. The fraction of sp³-hybridized carbons (Fsp3) is 0.538. The molecule has 1 heterocycles. The van der Waals surface area contributed by atoms with Gasteiger partial charge in [0.05, 0.1) is 0 Å².